The molecule has 0 spiro atoms. The number of carboxylic acid groups (broad SMARTS) is 1. The van der Waals surface area contributed by atoms with E-state index in [-0.39, 0.29) is 17.7 Å². The maximum absolute atomic E-state index is 12.5. The van der Waals surface area contributed by atoms with Crippen LogP contribution in [-0.4, -0.2) is 11.1 Å². The zero-order valence-electron chi connectivity index (χ0n) is 8.42. The molecule has 0 aromatic heterocycles. The first-order valence-corrected chi connectivity index (χ1v) is 6.56. The van der Waals surface area contributed by atoms with Gasteiger partial charge in [0.1, 0.15) is 4.90 Å². The number of rotatable bonds is 3. The van der Waals surface area contributed by atoms with Crippen molar-refractivity contribution in [1.29, 1.82) is 0 Å². The molecule has 0 bridgehead atoms. The van der Waals surface area contributed by atoms with Crippen molar-refractivity contribution in [1.82, 2.24) is 0 Å². The summed E-state index contributed by atoms with van der Waals surface area (Å²) in [6.07, 6.45) is 1.25. The van der Waals surface area contributed by atoms with Gasteiger partial charge in [-0.15, -0.1) is 0 Å². The lowest BCUT2D eigenvalue weighted by Gasteiger charge is -2.40. The molecular weight excluding hydrogens is 303 g/mol. The van der Waals surface area contributed by atoms with E-state index in [0.717, 1.165) is 12.1 Å². The second-order valence-electron chi connectivity index (χ2n) is 3.36. The van der Waals surface area contributed by atoms with Crippen LogP contribution in [0.4, 0.5) is 19.4 Å². The lowest BCUT2D eigenvalue weighted by molar-refractivity contribution is -0.131. The summed E-state index contributed by atoms with van der Waals surface area (Å²) < 4.78 is 62.5. The van der Waals surface area contributed by atoms with Crippen LogP contribution in [-0.2, 0) is 4.79 Å². The first-order chi connectivity index (χ1) is 7.77. The fraction of sp³-hybridized carbons (Fsp3) is 0. The topological polar surface area (TPSA) is 37.3 Å². The summed E-state index contributed by atoms with van der Waals surface area (Å²) in [6, 6.07) is 1.18. The summed E-state index contributed by atoms with van der Waals surface area (Å²) in [6.45, 7) is 0. The number of halogens is 6. The van der Waals surface area contributed by atoms with E-state index in [1.54, 1.807) is 0 Å². The molecule has 0 aliphatic carbocycles. The third-order valence-electron chi connectivity index (χ3n) is 1.76. The molecule has 1 aromatic rings. The molecule has 0 unspecified atom stereocenters. The average Bonchev–Trinajstić information content (AvgIpc) is 2.10. The van der Waals surface area contributed by atoms with Gasteiger partial charge < -0.3 is 5.11 Å². The van der Waals surface area contributed by atoms with Gasteiger partial charge in [0.2, 0.25) is 0 Å². The highest BCUT2D eigenvalue weighted by Crippen LogP contribution is 3.02. The van der Waals surface area contributed by atoms with Gasteiger partial charge in [-0.2, -0.15) is 0 Å². The molecule has 2 nitrogen and oxygen atoms in total. The van der Waals surface area contributed by atoms with E-state index < -0.39 is 26.1 Å². The lowest BCUT2D eigenvalue weighted by Crippen LogP contribution is -2.06. The maximum Gasteiger partial charge on any atom is 0.328 e. The van der Waals surface area contributed by atoms with Crippen LogP contribution < -0.4 is 0 Å². The van der Waals surface area contributed by atoms with E-state index in [0.29, 0.717) is 6.08 Å². The predicted octanol–water partition coefficient (Wildman–Crippen LogP) is 5.10. The van der Waals surface area contributed by atoms with Gasteiger partial charge in [0, 0.05) is 11.1 Å². The average molecular weight is 309 g/mol. The van der Waals surface area contributed by atoms with E-state index in [1.165, 1.54) is 0 Å². The SMILES string of the molecule is O=C(O)C=Cc1cc(Cl)cc(S(F)(F)(F)(F)F)c1. The standard InChI is InChI=1S/C9H6ClF5O2S/c10-7-3-6(1-2-9(16)17)4-8(5-7)18(11,12,13,14)15/h1-5H,(H,16,17). The Bertz CT molecular complexity index is 537. The molecule has 9 heteroatoms. The molecular formula is C9H6ClF5O2S. The zero-order valence-corrected chi connectivity index (χ0v) is 9.99. The van der Waals surface area contributed by atoms with Crippen molar-refractivity contribution in [3.63, 3.8) is 0 Å². The van der Waals surface area contributed by atoms with Crippen molar-refractivity contribution in [2.45, 2.75) is 4.90 Å². The monoisotopic (exact) mass is 308 g/mol. The molecule has 18 heavy (non-hydrogen) atoms. The third-order valence-corrected chi connectivity index (χ3v) is 3.10. The third kappa shape index (κ3) is 4.19. The molecule has 0 aliphatic heterocycles. The molecule has 0 radical (unpaired) electrons. The normalized spacial score (nSPS) is 16.3. The first-order valence-electron chi connectivity index (χ1n) is 4.24. The lowest BCUT2D eigenvalue weighted by atomic mass is 10.2. The molecule has 0 fully saturated rings. The minimum Gasteiger partial charge on any atom is -0.478 e. The Morgan fingerprint density at radius 2 is 1.72 bits per heavy atom. The number of carboxylic acids is 1. The first kappa shape index (κ1) is 14.8. The van der Waals surface area contributed by atoms with Crippen molar-refractivity contribution >= 4 is 33.9 Å². The fourth-order valence-corrected chi connectivity index (χ4v) is 2.09. The predicted molar refractivity (Wildman–Crippen MR) is 59.5 cm³/mol. The molecule has 0 aliphatic rings. The highest BCUT2D eigenvalue weighted by atomic mass is 35.5. The number of hydrogen-bond donors (Lipinski definition) is 1. The number of aliphatic carboxylic acids is 1. The summed E-state index contributed by atoms with van der Waals surface area (Å²) in [4.78, 5) is 8.02. The molecule has 0 saturated carbocycles. The van der Waals surface area contributed by atoms with E-state index in [2.05, 4.69) is 0 Å². The second-order valence-corrected chi connectivity index (χ2v) is 6.21. The van der Waals surface area contributed by atoms with Crippen molar-refractivity contribution in [2.24, 2.45) is 0 Å². The Kier molecular flexibility index (Phi) is 2.96. The van der Waals surface area contributed by atoms with E-state index >= 15 is 0 Å². The molecule has 1 aromatic carbocycles. The Labute approximate surface area is 103 Å². The van der Waals surface area contributed by atoms with Crippen molar-refractivity contribution in [3.8, 4) is 0 Å². The maximum atomic E-state index is 12.5. The molecule has 1 rings (SSSR count). The quantitative estimate of drug-likeness (QED) is 0.623. The van der Waals surface area contributed by atoms with Gasteiger partial charge in [-0.05, 0) is 29.8 Å². The van der Waals surface area contributed by atoms with E-state index in [4.69, 9.17) is 16.7 Å². The number of benzene rings is 1. The van der Waals surface area contributed by atoms with Gasteiger partial charge in [0.25, 0.3) is 0 Å². The van der Waals surface area contributed by atoms with Crippen LogP contribution in [0.5, 0.6) is 0 Å². The Balaban J connectivity index is 3.40. The molecule has 0 saturated heterocycles. The summed E-state index contributed by atoms with van der Waals surface area (Å²) in [7, 11) is -9.82. The van der Waals surface area contributed by atoms with Crippen molar-refractivity contribution in [2.75, 3.05) is 0 Å². The fourth-order valence-electron chi connectivity index (χ4n) is 1.07. The van der Waals surface area contributed by atoms with Crippen molar-refractivity contribution < 1.29 is 29.3 Å². The molecule has 0 amide bonds. The van der Waals surface area contributed by atoms with Crippen LogP contribution >= 0.6 is 21.8 Å². The molecule has 1 N–H and O–H groups in total. The van der Waals surface area contributed by atoms with Gasteiger partial charge in [-0.3, -0.25) is 0 Å². The van der Waals surface area contributed by atoms with Gasteiger partial charge in [0.15, 0.2) is 0 Å². The Morgan fingerprint density at radius 1 is 1.17 bits per heavy atom. The highest BCUT2D eigenvalue weighted by molar-refractivity contribution is 8.45. The Hall–Kier alpha value is -1.28. The number of carbonyl (C=O) groups is 1. The minimum absolute atomic E-state index is 0.0984. The molecule has 102 valence electrons. The molecule has 0 heterocycles. The highest BCUT2D eigenvalue weighted by Gasteiger charge is 2.65. The second kappa shape index (κ2) is 3.61. The van der Waals surface area contributed by atoms with Gasteiger partial charge in [-0.1, -0.05) is 31.0 Å². The summed E-state index contributed by atoms with van der Waals surface area (Å²) in [5.74, 6) is -1.43. The van der Waals surface area contributed by atoms with Gasteiger partial charge in [0.05, 0.1) is 0 Å². The van der Waals surface area contributed by atoms with Crippen LogP contribution in [0.15, 0.2) is 29.2 Å². The zero-order chi connectivity index (χ0) is 14.3. The van der Waals surface area contributed by atoms with Crippen LogP contribution in [0.2, 0.25) is 5.02 Å². The summed E-state index contributed by atoms with van der Waals surface area (Å²) in [5, 5.41) is 7.73. The van der Waals surface area contributed by atoms with E-state index in [9.17, 15) is 24.2 Å². The van der Waals surface area contributed by atoms with Crippen molar-refractivity contribution in [3.05, 3.63) is 34.9 Å². The van der Waals surface area contributed by atoms with Crippen LogP contribution in [0.1, 0.15) is 5.56 Å². The van der Waals surface area contributed by atoms with Crippen LogP contribution in [0, 0.1) is 0 Å². The van der Waals surface area contributed by atoms with Gasteiger partial charge in [-0.25, -0.2) is 4.79 Å². The smallest absolute Gasteiger partial charge is 0.328 e. The van der Waals surface area contributed by atoms with E-state index in [1.807, 2.05) is 0 Å². The largest absolute Gasteiger partial charge is 0.478 e. The summed E-state index contributed by atoms with van der Waals surface area (Å²) in [5.41, 5.74) is -0.381. The number of hydrogen-bond acceptors (Lipinski definition) is 1. The molecule has 0 atom stereocenters. The van der Waals surface area contributed by atoms with Crippen LogP contribution in [0.25, 0.3) is 6.08 Å². The summed E-state index contributed by atoms with van der Waals surface area (Å²) >= 11 is 5.30. The van der Waals surface area contributed by atoms with Crippen LogP contribution in [0.3, 0.4) is 0 Å². The van der Waals surface area contributed by atoms with Gasteiger partial charge >= 0.3 is 16.2 Å². The minimum atomic E-state index is -9.82. The Morgan fingerprint density at radius 3 is 2.17 bits per heavy atom.